The van der Waals surface area contributed by atoms with Crippen molar-refractivity contribution in [2.75, 3.05) is 13.2 Å². The molecule has 2 N–H and O–H groups in total. The number of benzene rings is 2. The predicted octanol–water partition coefficient (Wildman–Crippen LogP) is 4.42. The zero-order chi connectivity index (χ0) is 20.0. The van der Waals surface area contributed by atoms with Gasteiger partial charge in [0.2, 0.25) is 0 Å². The van der Waals surface area contributed by atoms with E-state index in [2.05, 4.69) is 10.6 Å². The van der Waals surface area contributed by atoms with E-state index >= 15 is 0 Å². The average molecular weight is 388 g/mol. The van der Waals surface area contributed by atoms with Gasteiger partial charge in [-0.05, 0) is 36.8 Å². The molecule has 0 radical (unpaired) electrons. The molecule has 27 heavy (non-hydrogen) atoms. The number of hydrogen-bond donors (Lipinski definition) is 2. The van der Waals surface area contributed by atoms with Crippen molar-refractivity contribution < 1.29 is 31.5 Å². The van der Waals surface area contributed by atoms with Gasteiger partial charge < -0.3 is 15.4 Å². The number of carbonyl (C=O) groups is 1. The number of halogens is 5. The molecule has 0 saturated heterocycles. The van der Waals surface area contributed by atoms with E-state index in [0.29, 0.717) is 11.6 Å². The Labute approximate surface area is 152 Å². The number of amides is 2. The molecule has 0 aliphatic carbocycles. The molecule has 2 amide bonds. The smallest absolute Gasteiger partial charge is 0.416 e. The highest BCUT2D eigenvalue weighted by Crippen LogP contribution is 2.30. The lowest BCUT2D eigenvalue weighted by molar-refractivity contribution is -0.137. The summed E-state index contributed by atoms with van der Waals surface area (Å²) in [6, 6.07) is 6.20. The Bertz CT molecular complexity index is 796. The Hall–Kier alpha value is -2.84. The third-order valence-corrected chi connectivity index (χ3v) is 3.60. The molecule has 0 heterocycles. The maximum Gasteiger partial charge on any atom is 0.416 e. The molecule has 0 aliphatic rings. The molecular weight excluding hydrogens is 371 g/mol. The number of rotatable bonds is 6. The van der Waals surface area contributed by atoms with E-state index in [-0.39, 0.29) is 18.9 Å². The van der Waals surface area contributed by atoms with Gasteiger partial charge in [0.15, 0.2) is 11.6 Å². The van der Waals surface area contributed by atoms with Crippen molar-refractivity contribution in [3.8, 4) is 5.75 Å². The van der Waals surface area contributed by atoms with Crippen molar-refractivity contribution in [2.24, 2.45) is 0 Å². The summed E-state index contributed by atoms with van der Waals surface area (Å²) in [7, 11) is 0. The van der Waals surface area contributed by atoms with Crippen LogP contribution in [0.5, 0.6) is 5.75 Å². The van der Waals surface area contributed by atoms with Crippen molar-refractivity contribution in [1.29, 1.82) is 0 Å². The normalized spacial score (nSPS) is 12.4. The summed E-state index contributed by atoms with van der Waals surface area (Å²) in [5.74, 6) is -1.76. The van der Waals surface area contributed by atoms with Crippen molar-refractivity contribution >= 4 is 6.03 Å². The van der Waals surface area contributed by atoms with Gasteiger partial charge in [0.05, 0.1) is 18.2 Å². The van der Waals surface area contributed by atoms with Crippen molar-refractivity contribution in [2.45, 2.75) is 19.1 Å². The van der Waals surface area contributed by atoms with Crippen LogP contribution in [0.3, 0.4) is 0 Å². The highest BCUT2D eigenvalue weighted by molar-refractivity contribution is 5.74. The minimum atomic E-state index is -4.47. The average Bonchev–Trinajstić information content (AvgIpc) is 2.59. The number of urea groups is 1. The first kappa shape index (κ1) is 20.5. The summed E-state index contributed by atoms with van der Waals surface area (Å²) < 4.78 is 69.4. The molecule has 0 bridgehead atoms. The Morgan fingerprint density at radius 1 is 1.15 bits per heavy atom. The number of ether oxygens (including phenoxy) is 1. The van der Waals surface area contributed by atoms with Crippen LogP contribution in [0, 0.1) is 11.6 Å². The minimum absolute atomic E-state index is 0.0119. The molecule has 2 aromatic carbocycles. The highest BCUT2D eigenvalue weighted by Gasteiger charge is 2.30. The van der Waals surface area contributed by atoms with Gasteiger partial charge in [-0.1, -0.05) is 12.1 Å². The molecule has 1 unspecified atom stereocenters. The second kappa shape index (κ2) is 8.70. The monoisotopic (exact) mass is 388 g/mol. The van der Waals surface area contributed by atoms with E-state index in [1.807, 2.05) is 0 Å². The fourth-order valence-electron chi connectivity index (χ4n) is 2.23. The van der Waals surface area contributed by atoms with Gasteiger partial charge in [-0.25, -0.2) is 13.6 Å². The fraction of sp³-hybridized carbons (Fsp3) is 0.278. The molecule has 0 spiro atoms. The van der Waals surface area contributed by atoms with E-state index in [9.17, 15) is 26.7 Å². The van der Waals surface area contributed by atoms with Crippen LogP contribution < -0.4 is 15.4 Å². The Balaban J connectivity index is 1.80. The molecule has 0 aliphatic heterocycles. The van der Waals surface area contributed by atoms with Crippen LogP contribution in [-0.4, -0.2) is 19.2 Å². The van der Waals surface area contributed by atoms with Crippen molar-refractivity contribution in [1.82, 2.24) is 10.6 Å². The molecule has 146 valence electrons. The van der Waals surface area contributed by atoms with E-state index in [4.69, 9.17) is 4.74 Å². The first-order chi connectivity index (χ1) is 12.7. The molecule has 1 atom stereocenters. The second-order valence-corrected chi connectivity index (χ2v) is 5.67. The van der Waals surface area contributed by atoms with Crippen molar-refractivity contribution in [3.63, 3.8) is 0 Å². The minimum Gasteiger partial charge on any atom is -0.489 e. The van der Waals surface area contributed by atoms with Crippen LogP contribution in [0.4, 0.5) is 26.7 Å². The van der Waals surface area contributed by atoms with Gasteiger partial charge in [-0.15, -0.1) is 0 Å². The van der Waals surface area contributed by atoms with Gasteiger partial charge in [-0.2, -0.15) is 13.2 Å². The number of nitrogens with one attached hydrogen (secondary N) is 2. The summed E-state index contributed by atoms with van der Waals surface area (Å²) in [6.07, 6.45) is -4.47. The zero-order valence-corrected chi connectivity index (χ0v) is 14.2. The molecule has 2 aromatic rings. The largest absolute Gasteiger partial charge is 0.489 e. The molecule has 0 aromatic heterocycles. The zero-order valence-electron chi connectivity index (χ0n) is 14.2. The van der Waals surface area contributed by atoms with Crippen LogP contribution in [0.25, 0.3) is 0 Å². The molecule has 9 heteroatoms. The van der Waals surface area contributed by atoms with Crippen LogP contribution in [0.1, 0.15) is 24.1 Å². The third-order valence-electron chi connectivity index (χ3n) is 3.60. The summed E-state index contributed by atoms with van der Waals surface area (Å²) in [4.78, 5) is 11.8. The van der Waals surface area contributed by atoms with E-state index in [1.165, 1.54) is 12.1 Å². The summed E-state index contributed by atoms with van der Waals surface area (Å²) in [5.41, 5.74) is -0.506. The summed E-state index contributed by atoms with van der Waals surface area (Å²) in [6.45, 7) is 1.48. The lowest BCUT2D eigenvalue weighted by Gasteiger charge is -2.17. The molecule has 2 rings (SSSR count). The van der Waals surface area contributed by atoms with Gasteiger partial charge >= 0.3 is 12.2 Å². The summed E-state index contributed by atoms with van der Waals surface area (Å²) in [5, 5.41) is 4.93. The van der Waals surface area contributed by atoms with Gasteiger partial charge in [0.1, 0.15) is 12.4 Å². The lowest BCUT2D eigenvalue weighted by Crippen LogP contribution is -2.39. The molecule has 0 saturated carbocycles. The van der Waals surface area contributed by atoms with Crippen molar-refractivity contribution in [3.05, 3.63) is 65.2 Å². The Morgan fingerprint density at radius 3 is 2.56 bits per heavy atom. The first-order valence-electron chi connectivity index (χ1n) is 7.96. The fourth-order valence-corrected chi connectivity index (χ4v) is 2.23. The van der Waals surface area contributed by atoms with Crippen LogP contribution >= 0.6 is 0 Å². The van der Waals surface area contributed by atoms with Crippen LogP contribution in [-0.2, 0) is 6.18 Å². The number of carbonyl (C=O) groups excluding carboxylic acids is 1. The predicted molar refractivity (Wildman–Crippen MR) is 88.2 cm³/mol. The number of hydrogen-bond acceptors (Lipinski definition) is 2. The van der Waals surface area contributed by atoms with E-state index in [1.54, 1.807) is 6.92 Å². The number of alkyl halides is 3. The third kappa shape index (κ3) is 6.12. The molecule has 4 nitrogen and oxygen atoms in total. The topological polar surface area (TPSA) is 50.4 Å². The maximum absolute atomic E-state index is 13.4. The van der Waals surface area contributed by atoms with E-state index in [0.717, 1.165) is 24.3 Å². The SMILES string of the molecule is CC(NC(=O)NCCOc1ccc(F)cc1F)c1cccc(C(F)(F)F)c1. The first-order valence-corrected chi connectivity index (χ1v) is 7.96. The van der Waals surface area contributed by atoms with E-state index < -0.39 is 35.4 Å². The lowest BCUT2D eigenvalue weighted by atomic mass is 10.1. The highest BCUT2D eigenvalue weighted by atomic mass is 19.4. The van der Waals surface area contributed by atoms with Gasteiger partial charge in [0.25, 0.3) is 0 Å². The van der Waals surface area contributed by atoms with Gasteiger partial charge in [-0.3, -0.25) is 0 Å². The van der Waals surface area contributed by atoms with Gasteiger partial charge in [0, 0.05) is 6.07 Å². The maximum atomic E-state index is 13.4. The summed E-state index contributed by atoms with van der Waals surface area (Å²) >= 11 is 0. The standard InChI is InChI=1S/C18H17F5N2O2/c1-11(12-3-2-4-13(9-12)18(21,22)23)25-17(26)24-7-8-27-16-6-5-14(19)10-15(16)20/h2-6,9-11H,7-8H2,1H3,(H2,24,25,26). The molecular formula is C18H17F5N2O2. The molecule has 0 fully saturated rings. The second-order valence-electron chi connectivity index (χ2n) is 5.67. The van der Waals surface area contributed by atoms with Crippen LogP contribution in [0.15, 0.2) is 42.5 Å². The quantitative estimate of drug-likeness (QED) is 0.569. The Morgan fingerprint density at radius 2 is 1.89 bits per heavy atom. The Kier molecular flexibility index (Phi) is 6.59. The van der Waals surface area contributed by atoms with Crippen LogP contribution in [0.2, 0.25) is 0 Å².